The van der Waals surface area contributed by atoms with E-state index in [1.54, 1.807) is 30.5 Å². The maximum atomic E-state index is 10.9. The Bertz CT molecular complexity index is 635. The third kappa shape index (κ3) is 2.11. The van der Waals surface area contributed by atoms with E-state index in [1.807, 2.05) is 0 Å². The van der Waals surface area contributed by atoms with Gasteiger partial charge in [0.15, 0.2) is 0 Å². The van der Waals surface area contributed by atoms with Crippen molar-refractivity contribution < 1.29 is 4.92 Å². The van der Waals surface area contributed by atoms with E-state index in [2.05, 4.69) is 15.0 Å². The van der Waals surface area contributed by atoms with Crippen LogP contribution in [0.2, 0.25) is 0 Å². The molecule has 0 amide bonds. The number of rotatable bonds is 3. The highest BCUT2D eigenvalue weighted by Crippen LogP contribution is 2.37. The summed E-state index contributed by atoms with van der Waals surface area (Å²) in [6.07, 6.45) is 1.56. The van der Waals surface area contributed by atoms with Gasteiger partial charge in [0.25, 0.3) is 5.69 Å². The van der Waals surface area contributed by atoms with Crippen molar-refractivity contribution in [1.29, 1.82) is 0 Å². The van der Waals surface area contributed by atoms with Crippen LogP contribution in [0.25, 0.3) is 21.7 Å². The zero-order chi connectivity index (χ0) is 13.0. The number of azide groups is 1. The van der Waals surface area contributed by atoms with E-state index in [0.29, 0.717) is 11.3 Å². The lowest BCUT2D eigenvalue weighted by atomic mass is 10.1. The molecule has 18 heavy (non-hydrogen) atoms. The summed E-state index contributed by atoms with van der Waals surface area (Å²) in [7, 11) is 0. The lowest BCUT2D eigenvalue weighted by Gasteiger charge is -2.04. The molecular weight excluding hydrogens is 234 g/mol. The number of hydrogen-bond acceptors (Lipinski definition) is 4. The van der Waals surface area contributed by atoms with Crippen LogP contribution >= 0.6 is 0 Å². The highest BCUT2D eigenvalue weighted by Gasteiger charge is 2.17. The molecule has 0 bridgehead atoms. The maximum Gasteiger partial charge on any atom is 0.279 e. The molecular formula is C11H7N5O2. The van der Waals surface area contributed by atoms with E-state index >= 15 is 0 Å². The van der Waals surface area contributed by atoms with E-state index in [0.717, 1.165) is 0 Å². The summed E-state index contributed by atoms with van der Waals surface area (Å²) in [6.45, 7) is 0. The van der Waals surface area contributed by atoms with Gasteiger partial charge in [-0.25, -0.2) is 0 Å². The molecule has 7 heteroatoms. The maximum absolute atomic E-state index is 10.9. The van der Waals surface area contributed by atoms with E-state index in [1.165, 1.54) is 12.1 Å². The van der Waals surface area contributed by atoms with Crippen LogP contribution < -0.4 is 0 Å². The molecule has 0 atom stereocenters. The Kier molecular flexibility index (Phi) is 3.17. The van der Waals surface area contributed by atoms with Gasteiger partial charge in [0.05, 0.1) is 10.6 Å². The molecule has 0 radical (unpaired) electrons. The molecule has 1 aromatic carbocycles. The molecule has 0 aliphatic rings. The van der Waals surface area contributed by atoms with Crippen molar-refractivity contribution in [3.63, 3.8) is 0 Å². The fourth-order valence-corrected chi connectivity index (χ4v) is 1.56. The van der Waals surface area contributed by atoms with E-state index in [4.69, 9.17) is 5.53 Å². The number of nitro benzene ring substituents is 1. The van der Waals surface area contributed by atoms with Crippen LogP contribution in [0.4, 0.5) is 11.4 Å². The van der Waals surface area contributed by atoms with Crippen LogP contribution in [-0.2, 0) is 0 Å². The molecule has 1 aromatic heterocycles. The molecule has 7 nitrogen and oxygen atoms in total. The fraction of sp³-hybridized carbons (Fsp3) is 0. The number of pyridine rings is 1. The summed E-state index contributed by atoms with van der Waals surface area (Å²) in [5.41, 5.74) is 9.20. The van der Waals surface area contributed by atoms with Crippen molar-refractivity contribution in [3.8, 4) is 11.3 Å². The van der Waals surface area contributed by atoms with Gasteiger partial charge in [-0.1, -0.05) is 23.3 Å². The molecule has 0 fully saturated rings. The van der Waals surface area contributed by atoms with Crippen molar-refractivity contribution in [3.05, 3.63) is 63.2 Å². The first-order chi connectivity index (χ1) is 8.74. The fourth-order valence-electron chi connectivity index (χ4n) is 1.56. The molecule has 88 valence electrons. The third-order valence-corrected chi connectivity index (χ3v) is 2.30. The Morgan fingerprint density at radius 3 is 2.72 bits per heavy atom. The molecule has 2 aromatic rings. The Labute approximate surface area is 101 Å². The second-order valence-electron chi connectivity index (χ2n) is 3.33. The average Bonchev–Trinajstić information content (AvgIpc) is 2.40. The smallest absolute Gasteiger partial charge is 0.258 e. The number of aromatic nitrogens is 1. The largest absolute Gasteiger partial charge is 0.279 e. The summed E-state index contributed by atoms with van der Waals surface area (Å²) in [5.74, 6) is 0. The highest BCUT2D eigenvalue weighted by molar-refractivity contribution is 5.80. The minimum absolute atomic E-state index is 0.0244. The minimum atomic E-state index is -0.587. The summed E-state index contributed by atoms with van der Waals surface area (Å²) in [6, 6.07) is 9.61. The van der Waals surface area contributed by atoms with E-state index in [-0.39, 0.29) is 11.4 Å². The SMILES string of the molecule is [N-]=[N+]=Nc1c(-c2ccccn2)cccc1[N+](=O)[O-]. The summed E-state index contributed by atoms with van der Waals surface area (Å²) >= 11 is 0. The predicted octanol–water partition coefficient (Wildman–Crippen LogP) is 3.60. The number of benzene rings is 1. The van der Waals surface area contributed by atoms with Gasteiger partial charge in [-0.3, -0.25) is 15.1 Å². The Balaban J connectivity index is 2.71. The number of hydrogen-bond donors (Lipinski definition) is 0. The van der Waals surface area contributed by atoms with Crippen LogP contribution in [0.15, 0.2) is 47.7 Å². The average molecular weight is 241 g/mol. The van der Waals surface area contributed by atoms with Gasteiger partial charge in [-0.2, -0.15) is 0 Å². The molecule has 2 rings (SSSR count). The molecule has 0 N–H and O–H groups in total. The van der Waals surface area contributed by atoms with Gasteiger partial charge in [0.1, 0.15) is 5.69 Å². The van der Waals surface area contributed by atoms with Crippen molar-refractivity contribution in [2.75, 3.05) is 0 Å². The molecule has 0 aliphatic heterocycles. The molecule has 0 saturated heterocycles. The third-order valence-electron chi connectivity index (χ3n) is 2.30. The molecule has 0 aliphatic carbocycles. The normalized spacial score (nSPS) is 9.56. The zero-order valence-electron chi connectivity index (χ0n) is 9.09. The Morgan fingerprint density at radius 1 is 1.28 bits per heavy atom. The molecule has 1 heterocycles. The second kappa shape index (κ2) is 4.94. The van der Waals surface area contributed by atoms with Gasteiger partial charge in [-0.15, -0.1) is 0 Å². The quantitative estimate of drug-likeness (QED) is 0.269. The summed E-state index contributed by atoms with van der Waals surface area (Å²) in [4.78, 5) is 17.0. The Hall–Kier alpha value is -2.92. The van der Waals surface area contributed by atoms with Crippen molar-refractivity contribution in [1.82, 2.24) is 4.98 Å². The van der Waals surface area contributed by atoms with Crippen molar-refractivity contribution in [2.45, 2.75) is 0 Å². The first-order valence-electron chi connectivity index (χ1n) is 4.98. The second-order valence-corrected chi connectivity index (χ2v) is 3.33. The van der Waals surface area contributed by atoms with Crippen LogP contribution in [0.1, 0.15) is 0 Å². The van der Waals surface area contributed by atoms with E-state index in [9.17, 15) is 10.1 Å². The predicted molar refractivity (Wildman–Crippen MR) is 65.1 cm³/mol. The monoisotopic (exact) mass is 241 g/mol. The van der Waals surface area contributed by atoms with Gasteiger partial charge in [0.2, 0.25) is 0 Å². The number of nitrogens with zero attached hydrogens (tertiary/aromatic N) is 5. The van der Waals surface area contributed by atoms with Gasteiger partial charge >= 0.3 is 0 Å². The lowest BCUT2D eigenvalue weighted by Crippen LogP contribution is -1.91. The zero-order valence-corrected chi connectivity index (χ0v) is 9.09. The first-order valence-corrected chi connectivity index (χ1v) is 4.98. The minimum Gasteiger partial charge on any atom is -0.258 e. The van der Waals surface area contributed by atoms with E-state index < -0.39 is 4.92 Å². The highest BCUT2D eigenvalue weighted by atomic mass is 16.6. The Morgan fingerprint density at radius 2 is 2.11 bits per heavy atom. The standard InChI is InChI=1S/C11H7N5O2/c12-15-14-11-8(9-5-1-2-7-13-9)4-3-6-10(11)16(17)18/h1-7H. The van der Waals surface area contributed by atoms with Crippen LogP contribution in [0.3, 0.4) is 0 Å². The van der Waals surface area contributed by atoms with Gasteiger partial charge < -0.3 is 0 Å². The summed E-state index contributed by atoms with van der Waals surface area (Å²) < 4.78 is 0. The van der Waals surface area contributed by atoms with Gasteiger partial charge in [0, 0.05) is 22.7 Å². The molecule has 0 unspecified atom stereocenters. The number of nitro groups is 1. The molecule has 0 spiro atoms. The van der Waals surface area contributed by atoms with Crippen LogP contribution in [-0.4, -0.2) is 9.91 Å². The first kappa shape index (κ1) is 11.6. The van der Waals surface area contributed by atoms with Crippen molar-refractivity contribution in [2.24, 2.45) is 5.11 Å². The molecule has 0 saturated carbocycles. The topological polar surface area (TPSA) is 105 Å². The lowest BCUT2D eigenvalue weighted by molar-refractivity contribution is -0.384. The van der Waals surface area contributed by atoms with Crippen molar-refractivity contribution >= 4 is 11.4 Å². The van der Waals surface area contributed by atoms with Crippen LogP contribution in [0, 0.1) is 10.1 Å². The van der Waals surface area contributed by atoms with Crippen LogP contribution in [0.5, 0.6) is 0 Å². The summed E-state index contributed by atoms with van der Waals surface area (Å²) in [5, 5.41) is 14.3. The van der Waals surface area contributed by atoms with Gasteiger partial charge in [-0.05, 0) is 17.7 Å².